The van der Waals surface area contributed by atoms with Crippen LogP contribution in [0.2, 0.25) is 0 Å². The molecule has 6 heteroatoms. The Labute approximate surface area is 353 Å². The molecule has 0 spiro atoms. The molecular weight excluding hydrogens is 709 g/mol. The molecule has 0 heterocycles. The summed E-state index contributed by atoms with van der Waals surface area (Å²) in [7, 11) is 0. The first-order chi connectivity index (χ1) is 28.0. The maximum absolute atomic E-state index is 12.7. The smallest absolute Gasteiger partial charge is 0.306 e. The molecule has 332 valence electrons. The molecule has 0 saturated heterocycles. The van der Waals surface area contributed by atoms with Crippen LogP contribution in [0.1, 0.15) is 252 Å². The molecule has 0 amide bonds. The van der Waals surface area contributed by atoms with Crippen LogP contribution in [0.25, 0.3) is 0 Å². The minimum Gasteiger partial charge on any atom is -0.462 e. The topological polar surface area (TPSA) is 78.9 Å². The third-order valence-corrected chi connectivity index (χ3v) is 10.7. The number of esters is 3. The minimum absolute atomic E-state index is 0.0742. The quantitative estimate of drug-likeness (QED) is 0.0264. The lowest BCUT2D eigenvalue weighted by atomic mass is 10.0. The largest absolute Gasteiger partial charge is 0.462 e. The van der Waals surface area contributed by atoms with Gasteiger partial charge in [-0.25, -0.2) is 0 Å². The lowest BCUT2D eigenvalue weighted by Gasteiger charge is -2.18. The molecule has 0 bridgehead atoms. The second-order valence-corrected chi connectivity index (χ2v) is 16.4. The van der Waals surface area contributed by atoms with Gasteiger partial charge < -0.3 is 14.2 Å². The van der Waals surface area contributed by atoms with Crippen molar-refractivity contribution in [3.63, 3.8) is 0 Å². The highest BCUT2D eigenvalue weighted by atomic mass is 16.6. The predicted molar refractivity (Wildman–Crippen MR) is 242 cm³/mol. The van der Waals surface area contributed by atoms with Gasteiger partial charge in [-0.05, 0) is 51.4 Å². The second kappa shape index (κ2) is 46.3. The molecule has 0 aromatic heterocycles. The zero-order chi connectivity index (χ0) is 41.5. The van der Waals surface area contributed by atoms with Crippen LogP contribution in [0.4, 0.5) is 0 Å². The van der Waals surface area contributed by atoms with Crippen molar-refractivity contribution in [3.05, 3.63) is 36.5 Å². The highest BCUT2D eigenvalue weighted by Gasteiger charge is 2.19. The normalized spacial score (nSPS) is 12.3. The van der Waals surface area contributed by atoms with Crippen LogP contribution in [-0.4, -0.2) is 37.2 Å². The van der Waals surface area contributed by atoms with Crippen molar-refractivity contribution in [1.29, 1.82) is 0 Å². The Hall–Kier alpha value is -2.37. The van der Waals surface area contributed by atoms with E-state index in [0.29, 0.717) is 19.3 Å². The van der Waals surface area contributed by atoms with E-state index in [2.05, 4.69) is 57.2 Å². The van der Waals surface area contributed by atoms with E-state index in [1.54, 1.807) is 0 Å². The maximum atomic E-state index is 12.7. The molecule has 0 aliphatic carbocycles. The molecule has 0 aromatic carbocycles. The molecule has 1 unspecified atom stereocenters. The zero-order valence-electron chi connectivity index (χ0n) is 37.9. The molecule has 0 N–H and O–H groups in total. The molecule has 0 fully saturated rings. The molecule has 0 aromatic rings. The number of hydrogen-bond donors (Lipinski definition) is 0. The van der Waals surface area contributed by atoms with E-state index in [0.717, 1.165) is 96.3 Å². The highest BCUT2D eigenvalue weighted by Crippen LogP contribution is 2.15. The molecule has 6 nitrogen and oxygen atoms in total. The Morgan fingerprint density at radius 3 is 1.07 bits per heavy atom. The van der Waals surface area contributed by atoms with Gasteiger partial charge in [-0.2, -0.15) is 0 Å². The van der Waals surface area contributed by atoms with Gasteiger partial charge in [0.2, 0.25) is 0 Å². The number of carbonyl (C=O) groups excluding carboxylic acids is 3. The number of ether oxygens (including phenoxy) is 3. The van der Waals surface area contributed by atoms with Crippen molar-refractivity contribution < 1.29 is 28.6 Å². The fraction of sp³-hybridized carbons (Fsp3) is 0.824. The summed E-state index contributed by atoms with van der Waals surface area (Å²) in [5, 5.41) is 0. The molecule has 0 saturated carbocycles. The monoisotopic (exact) mass is 801 g/mol. The summed E-state index contributed by atoms with van der Waals surface area (Å²) in [5.41, 5.74) is 0. The van der Waals surface area contributed by atoms with E-state index in [1.807, 2.05) is 0 Å². The van der Waals surface area contributed by atoms with Crippen LogP contribution < -0.4 is 0 Å². The van der Waals surface area contributed by atoms with Gasteiger partial charge in [-0.15, -0.1) is 0 Å². The summed E-state index contributed by atoms with van der Waals surface area (Å²) >= 11 is 0. The van der Waals surface area contributed by atoms with Gasteiger partial charge in [0.1, 0.15) is 13.2 Å². The van der Waals surface area contributed by atoms with E-state index >= 15 is 0 Å². The van der Waals surface area contributed by atoms with E-state index in [1.165, 1.54) is 116 Å². The zero-order valence-corrected chi connectivity index (χ0v) is 37.9. The first kappa shape index (κ1) is 54.6. The van der Waals surface area contributed by atoms with Crippen molar-refractivity contribution in [3.8, 4) is 0 Å². The van der Waals surface area contributed by atoms with Gasteiger partial charge in [-0.1, -0.05) is 218 Å². The fourth-order valence-electron chi connectivity index (χ4n) is 6.99. The summed E-state index contributed by atoms with van der Waals surface area (Å²) in [6, 6.07) is 0. The summed E-state index contributed by atoms with van der Waals surface area (Å²) in [6.07, 6.45) is 52.7. The lowest BCUT2D eigenvalue weighted by molar-refractivity contribution is -0.167. The van der Waals surface area contributed by atoms with Gasteiger partial charge in [0.15, 0.2) is 6.10 Å². The Bertz CT molecular complexity index is 969. The Balaban J connectivity index is 4.34. The SMILES string of the molecule is CC/C=C\C/C=C\C/C=C\CCCCCCCC(=O)OCC(COC(=O)CCCCCCCCCCC)OC(=O)CCCCCCCCCCCCCCCCC. The molecule has 0 radical (unpaired) electrons. The van der Waals surface area contributed by atoms with Crippen molar-refractivity contribution in [2.75, 3.05) is 13.2 Å². The summed E-state index contributed by atoms with van der Waals surface area (Å²) < 4.78 is 16.7. The van der Waals surface area contributed by atoms with Crippen LogP contribution >= 0.6 is 0 Å². The van der Waals surface area contributed by atoms with Crippen LogP contribution in [0.5, 0.6) is 0 Å². The average molecular weight is 801 g/mol. The van der Waals surface area contributed by atoms with Crippen LogP contribution in [0.15, 0.2) is 36.5 Å². The van der Waals surface area contributed by atoms with Gasteiger partial charge in [-0.3, -0.25) is 14.4 Å². The summed E-state index contributed by atoms with van der Waals surface area (Å²) in [5.74, 6) is -0.886. The predicted octanol–water partition coefficient (Wildman–Crippen LogP) is 15.8. The summed E-state index contributed by atoms with van der Waals surface area (Å²) in [4.78, 5) is 37.8. The average Bonchev–Trinajstić information content (AvgIpc) is 3.21. The second-order valence-electron chi connectivity index (χ2n) is 16.4. The molecule has 0 aliphatic rings. The molecule has 0 aliphatic heterocycles. The van der Waals surface area contributed by atoms with Gasteiger partial charge in [0, 0.05) is 19.3 Å². The van der Waals surface area contributed by atoms with Crippen LogP contribution in [0, 0.1) is 0 Å². The maximum Gasteiger partial charge on any atom is 0.306 e. The van der Waals surface area contributed by atoms with E-state index < -0.39 is 6.10 Å². The Morgan fingerprint density at radius 2 is 0.684 bits per heavy atom. The molecule has 57 heavy (non-hydrogen) atoms. The van der Waals surface area contributed by atoms with Crippen LogP contribution in [0.3, 0.4) is 0 Å². The Kier molecular flexibility index (Phi) is 44.4. The number of rotatable bonds is 44. The number of carbonyl (C=O) groups is 3. The van der Waals surface area contributed by atoms with Gasteiger partial charge in [0.05, 0.1) is 0 Å². The number of unbranched alkanes of at least 4 members (excludes halogenated alkanes) is 27. The molecule has 0 rings (SSSR count). The third kappa shape index (κ3) is 44.6. The third-order valence-electron chi connectivity index (χ3n) is 10.7. The minimum atomic E-state index is -0.772. The first-order valence-corrected chi connectivity index (χ1v) is 24.5. The summed E-state index contributed by atoms with van der Waals surface area (Å²) in [6.45, 7) is 6.51. The highest BCUT2D eigenvalue weighted by molar-refractivity contribution is 5.71. The number of hydrogen-bond acceptors (Lipinski definition) is 6. The van der Waals surface area contributed by atoms with Crippen molar-refractivity contribution in [1.82, 2.24) is 0 Å². The molecule has 1 atom stereocenters. The first-order valence-electron chi connectivity index (χ1n) is 24.5. The van der Waals surface area contributed by atoms with Crippen LogP contribution in [-0.2, 0) is 28.6 Å². The number of allylic oxidation sites excluding steroid dienone is 6. The Morgan fingerprint density at radius 1 is 0.368 bits per heavy atom. The van der Waals surface area contributed by atoms with E-state index in [4.69, 9.17) is 14.2 Å². The standard InChI is InChI=1S/C51H92O6/c1-4-7-10-13-16-19-21-23-25-27-29-32-35-38-41-44-50(53)56-47-48(46-55-49(52)43-40-37-34-31-18-15-12-9-6-3)57-51(54)45-42-39-36-33-30-28-26-24-22-20-17-14-11-8-5-2/h7,10,16,19,23,25,48H,4-6,8-9,11-15,17-18,20-22,24,26-47H2,1-3H3/b10-7-,19-16-,25-23-. The fourth-order valence-corrected chi connectivity index (χ4v) is 6.99. The molecular formula is C51H92O6. The van der Waals surface area contributed by atoms with Gasteiger partial charge >= 0.3 is 17.9 Å². The van der Waals surface area contributed by atoms with E-state index in [-0.39, 0.29) is 31.1 Å². The van der Waals surface area contributed by atoms with E-state index in [9.17, 15) is 14.4 Å². The van der Waals surface area contributed by atoms with Crippen molar-refractivity contribution >= 4 is 17.9 Å². The van der Waals surface area contributed by atoms with Gasteiger partial charge in [0.25, 0.3) is 0 Å². The van der Waals surface area contributed by atoms with Crippen molar-refractivity contribution in [2.24, 2.45) is 0 Å². The van der Waals surface area contributed by atoms with Crippen molar-refractivity contribution in [2.45, 2.75) is 258 Å². The lowest BCUT2D eigenvalue weighted by Crippen LogP contribution is -2.30.